The van der Waals surface area contributed by atoms with E-state index in [-0.39, 0.29) is 11.9 Å². The van der Waals surface area contributed by atoms with Crippen LogP contribution in [0, 0.1) is 17.2 Å². The molecule has 1 aliphatic rings. The molecule has 6 heteroatoms. The van der Waals surface area contributed by atoms with Gasteiger partial charge in [-0.2, -0.15) is 5.26 Å². The third-order valence-corrected chi connectivity index (χ3v) is 5.65. The summed E-state index contributed by atoms with van der Waals surface area (Å²) in [6, 6.07) is 17.3. The number of nitriles is 1. The lowest BCUT2D eigenvalue weighted by atomic mass is 9.85. The van der Waals surface area contributed by atoms with Crippen molar-refractivity contribution in [3.05, 3.63) is 59.7 Å². The molecule has 1 fully saturated rings. The van der Waals surface area contributed by atoms with Crippen molar-refractivity contribution in [2.24, 2.45) is 5.92 Å². The number of carbonyl (C=O) groups excluding carboxylic acids is 1. The van der Waals surface area contributed by atoms with E-state index in [4.69, 9.17) is 14.7 Å². The van der Waals surface area contributed by atoms with Crippen LogP contribution in [-0.4, -0.2) is 44.2 Å². The highest BCUT2D eigenvalue weighted by atomic mass is 16.5. The van der Waals surface area contributed by atoms with Gasteiger partial charge in [0.25, 0.3) is 5.91 Å². The molecule has 3 rings (SSSR count). The van der Waals surface area contributed by atoms with Crippen molar-refractivity contribution < 1.29 is 14.3 Å². The Balaban J connectivity index is 1.61. The first-order valence-electron chi connectivity index (χ1n) is 10.3. The van der Waals surface area contributed by atoms with E-state index in [9.17, 15) is 4.79 Å². The maximum Gasteiger partial charge on any atom is 0.260 e. The monoisotopic (exact) mass is 407 g/mol. The highest BCUT2D eigenvalue weighted by molar-refractivity contribution is 5.80. The molecule has 158 valence electrons. The van der Waals surface area contributed by atoms with Gasteiger partial charge in [0.15, 0.2) is 6.10 Å². The van der Waals surface area contributed by atoms with Gasteiger partial charge in [-0.15, -0.1) is 0 Å². The predicted molar refractivity (Wildman–Crippen MR) is 115 cm³/mol. The fourth-order valence-electron chi connectivity index (χ4n) is 4.07. The largest absolute Gasteiger partial charge is 0.497 e. The molecule has 0 saturated carbocycles. The Kier molecular flexibility index (Phi) is 7.31. The van der Waals surface area contributed by atoms with Crippen molar-refractivity contribution in [2.45, 2.75) is 31.9 Å². The normalized spacial score (nSPS) is 20.1. The molecule has 0 radical (unpaired) electrons. The van der Waals surface area contributed by atoms with Gasteiger partial charge in [0.05, 0.1) is 18.7 Å². The zero-order valence-electron chi connectivity index (χ0n) is 17.8. The van der Waals surface area contributed by atoms with Crippen molar-refractivity contribution >= 4 is 5.91 Å². The lowest BCUT2D eigenvalue weighted by Crippen LogP contribution is -2.44. The first-order chi connectivity index (χ1) is 14.5. The second kappa shape index (κ2) is 10.1. The fourth-order valence-corrected chi connectivity index (χ4v) is 4.07. The van der Waals surface area contributed by atoms with Crippen LogP contribution in [0.2, 0.25) is 0 Å². The number of carbonyl (C=O) groups is 1. The fraction of sp³-hybridized carbons (Fsp3) is 0.417. The summed E-state index contributed by atoms with van der Waals surface area (Å²) >= 11 is 0. The second-order valence-electron chi connectivity index (χ2n) is 7.75. The Morgan fingerprint density at radius 2 is 2.03 bits per heavy atom. The molecule has 2 aromatic carbocycles. The summed E-state index contributed by atoms with van der Waals surface area (Å²) in [5.41, 5.74) is 1.74. The third kappa shape index (κ3) is 5.31. The van der Waals surface area contributed by atoms with Crippen LogP contribution in [0.3, 0.4) is 0 Å². The standard InChI is InChI=1S/C24H29N3O3/c1-17(30-22-8-4-6-18(14-22)15-25)24(28)26-16-20-7-5-13-27(2)23(20)19-9-11-21(29-3)12-10-19/h4,6,8-12,14,17,20,23H,5,7,13,16H2,1-3H3,(H,26,28). The molecule has 6 nitrogen and oxygen atoms in total. The lowest BCUT2D eigenvalue weighted by molar-refractivity contribution is -0.127. The Labute approximate surface area is 178 Å². The van der Waals surface area contributed by atoms with E-state index in [0.29, 0.717) is 23.8 Å². The van der Waals surface area contributed by atoms with Gasteiger partial charge in [-0.25, -0.2) is 0 Å². The summed E-state index contributed by atoms with van der Waals surface area (Å²) in [5, 5.41) is 12.1. The van der Waals surface area contributed by atoms with E-state index in [1.165, 1.54) is 5.56 Å². The van der Waals surface area contributed by atoms with Gasteiger partial charge >= 0.3 is 0 Å². The summed E-state index contributed by atoms with van der Waals surface area (Å²) in [5.74, 6) is 1.52. The first kappa shape index (κ1) is 21.7. The number of nitrogens with one attached hydrogen (secondary N) is 1. The van der Waals surface area contributed by atoms with Crippen LogP contribution in [0.15, 0.2) is 48.5 Å². The Morgan fingerprint density at radius 3 is 2.73 bits per heavy atom. The maximum atomic E-state index is 12.6. The number of piperidine rings is 1. The molecule has 0 bridgehead atoms. The Bertz CT molecular complexity index is 891. The average Bonchev–Trinajstić information content (AvgIpc) is 2.77. The SMILES string of the molecule is COc1ccc(C2C(CNC(=O)C(C)Oc3cccc(C#N)c3)CCCN2C)cc1. The van der Waals surface area contributed by atoms with Gasteiger partial charge in [-0.05, 0) is 75.2 Å². The average molecular weight is 408 g/mol. The number of ether oxygens (including phenoxy) is 2. The van der Waals surface area contributed by atoms with E-state index < -0.39 is 6.10 Å². The Morgan fingerprint density at radius 1 is 1.27 bits per heavy atom. The van der Waals surface area contributed by atoms with Crippen LogP contribution in [0.25, 0.3) is 0 Å². The van der Waals surface area contributed by atoms with E-state index in [2.05, 4.69) is 35.5 Å². The number of benzene rings is 2. The van der Waals surface area contributed by atoms with Crippen LogP contribution >= 0.6 is 0 Å². The molecule has 1 aliphatic heterocycles. The van der Waals surface area contributed by atoms with E-state index >= 15 is 0 Å². The Hall–Kier alpha value is -3.04. The highest BCUT2D eigenvalue weighted by Gasteiger charge is 2.31. The number of methoxy groups -OCH3 is 1. The summed E-state index contributed by atoms with van der Waals surface area (Å²) in [7, 11) is 3.80. The van der Waals surface area contributed by atoms with Crippen molar-refractivity contribution in [2.75, 3.05) is 27.2 Å². The third-order valence-electron chi connectivity index (χ3n) is 5.65. The topological polar surface area (TPSA) is 74.6 Å². The smallest absolute Gasteiger partial charge is 0.260 e. The molecule has 1 amide bonds. The zero-order chi connectivity index (χ0) is 21.5. The molecule has 1 N–H and O–H groups in total. The number of rotatable bonds is 7. The van der Waals surface area contributed by atoms with Gasteiger partial charge in [0.2, 0.25) is 0 Å². The van der Waals surface area contributed by atoms with Crippen LogP contribution in [-0.2, 0) is 4.79 Å². The summed E-state index contributed by atoms with van der Waals surface area (Å²) in [6.07, 6.45) is 1.52. The zero-order valence-corrected chi connectivity index (χ0v) is 17.8. The van der Waals surface area contributed by atoms with E-state index in [1.54, 1.807) is 38.3 Å². The van der Waals surface area contributed by atoms with Gasteiger partial charge in [-0.1, -0.05) is 18.2 Å². The quantitative estimate of drug-likeness (QED) is 0.760. The molecule has 0 spiro atoms. The van der Waals surface area contributed by atoms with E-state index in [0.717, 1.165) is 25.1 Å². The minimum absolute atomic E-state index is 0.154. The van der Waals surface area contributed by atoms with Gasteiger partial charge < -0.3 is 14.8 Å². The van der Waals surface area contributed by atoms with Crippen molar-refractivity contribution in [1.29, 1.82) is 5.26 Å². The molecular weight excluding hydrogens is 378 g/mol. The minimum Gasteiger partial charge on any atom is -0.497 e. The van der Waals surface area contributed by atoms with Crippen molar-refractivity contribution in [1.82, 2.24) is 10.2 Å². The number of likely N-dealkylation sites (tertiary alicyclic amines) is 1. The van der Waals surface area contributed by atoms with Crippen molar-refractivity contribution in [3.63, 3.8) is 0 Å². The molecule has 3 unspecified atom stereocenters. The first-order valence-corrected chi connectivity index (χ1v) is 10.3. The number of nitrogens with zero attached hydrogens (tertiary/aromatic N) is 2. The molecule has 0 aliphatic carbocycles. The van der Waals surface area contributed by atoms with Gasteiger partial charge in [-0.3, -0.25) is 9.69 Å². The minimum atomic E-state index is -0.639. The number of hydrogen-bond acceptors (Lipinski definition) is 5. The van der Waals surface area contributed by atoms with Crippen LogP contribution in [0.4, 0.5) is 0 Å². The molecule has 0 aromatic heterocycles. The van der Waals surface area contributed by atoms with Gasteiger partial charge in [0.1, 0.15) is 11.5 Å². The van der Waals surface area contributed by atoms with Crippen molar-refractivity contribution in [3.8, 4) is 17.6 Å². The highest BCUT2D eigenvalue weighted by Crippen LogP contribution is 2.35. The maximum absolute atomic E-state index is 12.6. The van der Waals surface area contributed by atoms with Crippen LogP contribution in [0.1, 0.15) is 36.9 Å². The summed E-state index contributed by atoms with van der Waals surface area (Å²) < 4.78 is 11.0. The lowest BCUT2D eigenvalue weighted by Gasteiger charge is -2.39. The predicted octanol–water partition coefficient (Wildman–Crippen LogP) is 3.53. The molecular formula is C24H29N3O3. The molecule has 2 aromatic rings. The van der Waals surface area contributed by atoms with Gasteiger partial charge in [0, 0.05) is 12.6 Å². The molecule has 1 heterocycles. The van der Waals surface area contributed by atoms with Crippen LogP contribution in [0.5, 0.6) is 11.5 Å². The number of amides is 1. The molecule has 30 heavy (non-hydrogen) atoms. The van der Waals surface area contributed by atoms with Crippen LogP contribution < -0.4 is 14.8 Å². The molecule has 3 atom stereocenters. The summed E-state index contributed by atoms with van der Waals surface area (Å²) in [4.78, 5) is 15.0. The van der Waals surface area contributed by atoms with E-state index in [1.807, 2.05) is 12.1 Å². The second-order valence-corrected chi connectivity index (χ2v) is 7.75. The number of hydrogen-bond donors (Lipinski definition) is 1. The summed E-state index contributed by atoms with van der Waals surface area (Å²) in [6.45, 7) is 3.35. The molecule has 1 saturated heterocycles.